The van der Waals surface area contributed by atoms with Crippen LogP contribution >= 0.6 is 0 Å². The van der Waals surface area contributed by atoms with E-state index in [0.29, 0.717) is 23.1 Å². The first-order valence-electron chi connectivity index (χ1n) is 7.73. The molecule has 3 rings (SSSR count). The molecular weight excluding hydrogens is 328 g/mol. The van der Waals surface area contributed by atoms with Crippen molar-refractivity contribution in [2.75, 3.05) is 5.32 Å². The molecule has 7 heteroatoms. The number of aryl methyl sites for hydroxylation is 1. The predicted octanol–water partition coefficient (Wildman–Crippen LogP) is 2.88. The topological polar surface area (TPSA) is 64.0 Å². The summed E-state index contributed by atoms with van der Waals surface area (Å²) in [6.45, 7) is 1.48. The van der Waals surface area contributed by atoms with Crippen LogP contribution in [0.2, 0.25) is 0 Å². The number of aromatic nitrogens is 2. The van der Waals surface area contributed by atoms with E-state index in [1.165, 1.54) is 4.57 Å². The minimum absolute atomic E-state index is 0.273. The summed E-state index contributed by atoms with van der Waals surface area (Å²) in [5.74, 6) is -1.62. The van der Waals surface area contributed by atoms with Crippen molar-refractivity contribution in [3.63, 3.8) is 0 Å². The molecule has 0 bridgehead atoms. The Hall–Kier alpha value is -3.09. The molecule has 0 aliphatic heterocycles. The zero-order chi connectivity index (χ0) is 18.0. The lowest BCUT2D eigenvalue weighted by atomic mass is 10.2. The highest BCUT2D eigenvalue weighted by molar-refractivity contribution is 5.91. The van der Waals surface area contributed by atoms with Crippen molar-refractivity contribution >= 4 is 22.5 Å². The van der Waals surface area contributed by atoms with Gasteiger partial charge in [-0.1, -0.05) is 19.1 Å². The SMILES string of the molecule is CCc1nc2ccccc2c(=O)n1CC(=O)Nc1cc(F)ccc1F. The van der Waals surface area contributed by atoms with Gasteiger partial charge in [0.2, 0.25) is 5.91 Å². The monoisotopic (exact) mass is 343 g/mol. The van der Waals surface area contributed by atoms with Crippen molar-refractivity contribution in [1.29, 1.82) is 0 Å². The second-order valence-corrected chi connectivity index (χ2v) is 5.46. The van der Waals surface area contributed by atoms with E-state index < -0.39 is 17.5 Å². The number of halogens is 2. The molecule has 25 heavy (non-hydrogen) atoms. The highest BCUT2D eigenvalue weighted by Gasteiger charge is 2.14. The zero-order valence-electron chi connectivity index (χ0n) is 13.4. The summed E-state index contributed by atoms with van der Waals surface area (Å²) >= 11 is 0. The van der Waals surface area contributed by atoms with Crippen LogP contribution in [-0.2, 0) is 17.8 Å². The summed E-state index contributed by atoms with van der Waals surface area (Å²) in [7, 11) is 0. The van der Waals surface area contributed by atoms with Crippen molar-refractivity contribution in [2.24, 2.45) is 0 Å². The maximum atomic E-state index is 13.6. The second kappa shape index (κ2) is 6.80. The molecule has 0 spiro atoms. The summed E-state index contributed by atoms with van der Waals surface area (Å²) in [5, 5.41) is 2.68. The van der Waals surface area contributed by atoms with E-state index >= 15 is 0 Å². The van der Waals surface area contributed by atoms with Crippen LogP contribution in [0.4, 0.5) is 14.5 Å². The molecule has 0 atom stereocenters. The van der Waals surface area contributed by atoms with Gasteiger partial charge >= 0.3 is 0 Å². The third-order valence-corrected chi connectivity index (χ3v) is 3.76. The first-order valence-corrected chi connectivity index (χ1v) is 7.73. The van der Waals surface area contributed by atoms with E-state index in [1.807, 2.05) is 6.92 Å². The average molecular weight is 343 g/mol. The summed E-state index contributed by atoms with van der Waals surface area (Å²) in [6.07, 6.45) is 0.446. The molecule has 2 aromatic carbocycles. The molecule has 0 unspecified atom stereocenters. The maximum absolute atomic E-state index is 13.6. The molecule has 1 aromatic heterocycles. The summed E-state index contributed by atoms with van der Waals surface area (Å²) in [4.78, 5) is 29.2. The lowest BCUT2D eigenvalue weighted by Gasteiger charge is -2.13. The number of rotatable bonds is 4. The Morgan fingerprint density at radius 3 is 2.72 bits per heavy atom. The van der Waals surface area contributed by atoms with Gasteiger partial charge in [-0.25, -0.2) is 13.8 Å². The van der Waals surface area contributed by atoms with E-state index in [-0.39, 0.29) is 17.8 Å². The molecule has 3 aromatic rings. The summed E-state index contributed by atoms with van der Waals surface area (Å²) < 4.78 is 28.1. The van der Waals surface area contributed by atoms with Crippen LogP contribution in [0.25, 0.3) is 10.9 Å². The largest absolute Gasteiger partial charge is 0.322 e. The Kier molecular flexibility index (Phi) is 4.56. The lowest BCUT2D eigenvalue weighted by Crippen LogP contribution is -2.31. The second-order valence-electron chi connectivity index (χ2n) is 5.46. The van der Waals surface area contributed by atoms with Crippen molar-refractivity contribution in [1.82, 2.24) is 9.55 Å². The van der Waals surface area contributed by atoms with E-state index in [2.05, 4.69) is 10.3 Å². The molecule has 0 aliphatic carbocycles. The Morgan fingerprint density at radius 1 is 1.20 bits per heavy atom. The number of hydrogen-bond acceptors (Lipinski definition) is 3. The van der Waals surface area contributed by atoms with Crippen LogP contribution in [0.5, 0.6) is 0 Å². The van der Waals surface area contributed by atoms with E-state index in [9.17, 15) is 18.4 Å². The number of anilines is 1. The predicted molar refractivity (Wildman–Crippen MR) is 90.4 cm³/mol. The summed E-state index contributed by atoms with van der Waals surface area (Å²) in [6, 6.07) is 9.61. The minimum Gasteiger partial charge on any atom is -0.322 e. The standard InChI is InChI=1S/C18H15F2N3O2/c1-2-16-21-14-6-4-3-5-12(14)18(25)23(16)10-17(24)22-15-9-11(19)7-8-13(15)20/h3-9H,2,10H2,1H3,(H,22,24). The first kappa shape index (κ1) is 16.8. The Bertz CT molecular complexity index is 1010. The number of carbonyl (C=O) groups is 1. The molecule has 0 aliphatic rings. The van der Waals surface area contributed by atoms with Gasteiger partial charge in [0.05, 0.1) is 16.6 Å². The number of nitrogens with one attached hydrogen (secondary N) is 1. The Morgan fingerprint density at radius 2 is 1.96 bits per heavy atom. The number of fused-ring (bicyclic) bond motifs is 1. The lowest BCUT2D eigenvalue weighted by molar-refractivity contribution is -0.116. The molecule has 0 radical (unpaired) electrons. The van der Waals surface area contributed by atoms with Gasteiger partial charge in [0.25, 0.3) is 5.56 Å². The van der Waals surface area contributed by atoms with Crippen LogP contribution in [0.3, 0.4) is 0 Å². The fraction of sp³-hybridized carbons (Fsp3) is 0.167. The van der Waals surface area contributed by atoms with E-state index in [1.54, 1.807) is 24.3 Å². The Labute approximate surface area is 141 Å². The zero-order valence-corrected chi connectivity index (χ0v) is 13.4. The number of para-hydroxylation sites is 1. The number of benzene rings is 2. The fourth-order valence-electron chi connectivity index (χ4n) is 2.57. The highest BCUT2D eigenvalue weighted by atomic mass is 19.1. The first-order chi connectivity index (χ1) is 12.0. The summed E-state index contributed by atoms with van der Waals surface area (Å²) in [5.41, 5.74) is -0.0701. The van der Waals surface area contributed by atoms with E-state index in [0.717, 1.165) is 18.2 Å². The van der Waals surface area contributed by atoms with Crippen molar-refractivity contribution in [3.05, 3.63) is 70.3 Å². The normalized spacial score (nSPS) is 10.8. The average Bonchev–Trinajstić information content (AvgIpc) is 2.60. The van der Waals surface area contributed by atoms with Gasteiger partial charge < -0.3 is 5.32 Å². The van der Waals surface area contributed by atoms with Crippen molar-refractivity contribution < 1.29 is 13.6 Å². The third kappa shape index (κ3) is 3.40. The maximum Gasteiger partial charge on any atom is 0.261 e. The minimum atomic E-state index is -0.755. The molecule has 128 valence electrons. The third-order valence-electron chi connectivity index (χ3n) is 3.76. The van der Waals surface area contributed by atoms with Gasteiger partial charge in [-0.15, -0.1) is 0 Å². The van der Waals surface area contributed by atoms with Gasteiger partial charge in [0, 0.05) is 12.5 Å². The molecule has 0 fully saturated rings. The number of hydrogen-bond donors (Lipinski definition) is 1. The Balaban J connectivity index is 1.94. The smallest absolute Gasteiger partial charge is 0.261 e. The van der Waals surface area contributed by atoms with Crippen LogP contribution in [0.1, 0.15) is 12.7 Å². The van der Waals surface area contributed by atoms with Crippen LogP contribution in [-0.4, -0.2) is 15.5 Å². The van der Waals surface area contributed by atoms with Gasteiger partial charge in [0.15, 0.2) is 0 Å². The van der Waals surface area contributed by atoms with Gasteiger partial charge in [-0.05, 0) is 24.3 Å². The number of nitrogens with zero attached hydrogens (tertiary/aromatic N) is 2. The van der Waals surface area contributed by atoms with Crippen LogP contribution in [0, 0.1) is 11.6 Å². The molecule has 1 N–H and O–H groups in total. The number of carbonyl (C=O) groups excluding carboxylic acids is 1. The molecule has 0 saturated heterocycles. The van der Waals surface area contributed by atoms with Crippen LogP contribution in [0.15, 0.2) is 47.3 Å². The quantitative estimate of drug-likeness (QED) is 0.792. The van der Waals surface area contributed by atoms with Gasteiger partial charge in [-0.2, -0.15) is 0 Å². The molecule has 0 saturated carbocycles. The van der Waals surface area contributed by atoms with Crippen LogP contribution < -0.4 is 10.9 Å². The molecular formula is C18H15F2N3O2. The fourth-order valence-corrected chi connectivity index (χ4v) is 2.57. The molecule has 5 nitrogen and oxygen atoms in total. The van der Waals surface area contributed by atoms with Crippen molar-refractivity contribution in [2.45, 2.75) is 19.9 Å². The van der Waals surface area contributed by atoms with Gasteiger partial charge in [-0.3, -0.25) is 14.2 Å². The van der Waals surface area contributed by atoms with Crippen molar-refractivity contribution in [3.8, 4) is 0 Å². The molecule has 1 amide bonds. The van der Waals surface area contributed by atoms with E-state index in [4.69, 9.17) is 0 Å². The number of amides is 1. The molecule has 1 heterocycles. The highest BCUT2D eigenvalue weighted by Crippen LogP contribution is 2.15. The van der Waals surface area contributed by atoms with Gasteiger partial charge in [0.1, 0.15) is 24.0 Å².